The van der Waals surface area contributed by atoms with Gasteiger partial charge in [-0.2, -0.15) is 0 Å². The summed E-state index contributed by atoms with van der Waals surface area (Å²) < 4.78 is 0. The maximum absolute atomic E-state index is 11.9. The first kappa shape index (κ1) is 9.64. The van der Waals surface area contributed by atoms with E-state index < -0.39 is 0 Å². The van der Waals surface area contributed by atoms with Gasteiger partial charge in [0, 0.05) is 17.6 Å². The summed E-state index contributed by atoms with van der Waals surface area (Å²) in [5, 5.41) is 3.84. The third-order valence-corrected chi connectivity index (χ3v) is 3.16. The quantitative estimate of drug-likeness (QED) is 0.632. The minimum atomic E-state index is -0.141. The molecule has 0 aliphatic heterocycles. The van der Waals surface area contributed by atoms with E-state index in [1.165, 1.54) is 0 Å². The van der Waals surface area contributed by atoms with Gasteiger partial charge in [0.1, 0.15) is 11.2 Å². The first-order chi connectivity index (χ1) is 8.81. The van der Waals surface area contributed by atoms with Gasteiger partial charge in [0.05, 0.1) is 11.7 Å². The van der Waals surface area contributed by atoms with Crippen LogP contribution in [0.5, 0.6) is 0 Å². The van der Waals surface area contributed by atoms with Crippen molar-refractivity contribution in [2.24, 2.45) is 0 Å². The fourth-order valence-electron chi connectivity index (χ4n) is 2.06. The molecule has 3 aromatic heterocycles. The minimum Gasteiger partial charge on any atom is -0.347 e. The molecule has 18 heavy (non-hydrogen) atoms. The molecule has 0 radical (unpaired) electrons. The lowest BCUT2D eigenvalue weighted by atomic mass is 10.3. The second kappa shape index (κ2) is 3.32. The highest BCUT2D eigenvalue weighted by atomic mass is 16.2. The Bertz CT molecular complexity index is 752. The van der Waals surface area contributed by atoms with E-state index in [9.17, 15) is 4.79 Å². The number of imidazole rings is 1. The van der Waals surface area contributed by atoms with Crippen LogP contribution in [0.15, 0.2) is 18.5 Å². The second-order valence-corrected chi connectivity index (χ2v) is 4.59. The van der Waals surface area contributed by atoms with Gasteiger partial charge in [-0.1, -0.05) is 0 Å². The average Bonchev–Trinajstić information content (AvgIpc) is 2.93. The average molecular weight is 241 g/mol. The van der Waals surface area contributed by atoms with E-state index in [-0.39, 0.29) is 5.91 Å². The summed E-state index contributed by atoms with van der Waals surface area (Å²) in [5.41, 5.74) is 2.34. The lowest BCUT2D eigenvalue weighted by molar-refractivity contribution is 0.0942. The molecule has 3 aromatic rings. The number of rotatable bonds is 2. The second-order valence-electron chi connectivity index (χ2n) is 4.59. The number of hydrogen-bond donors (Lipinski definition) is 3. The van der Waals surface area contributed by atoms with Crippen molar-refractivity contribution in [1.82, 2.24) is 25.3 Å². The van der Waals surface area contributed by atoms with E-state index in [0.29, 0.717) is 11.9 Å². The molecule has 0 saturated heterocycles. The summed E-state index contributed by atoms with van der Waals surface area (Å²) >= 11 is 0. The number of nitrogens with one attached hydrogen (secondary N) is 3. The Morgan fingerprint density at radius 2 is 2.33 bits per heavy atom. The third kappa shape index (κ3) is 1.38. The molecule has 0 spiro atoms. The maximum Gasteiger partial charge on any atom is 0.287 e. The van der Waals surface area contributed by atoms with Crippen LogP contribution in [0.1, 0.15) is 23.5 Å². The predicted molar refractivity (Wildman–Crippen MR) is 66.2 cm³/mol. The standard InChI is InChI=1S/C12H11N5O/c18-12(15-6-1-2-6)11-16-8-5-14-10-7(3-4-13-10)9(8)17-11/h3-6H,1-2H2,(H,13,14)(H,15,18)(H,16,17). The molecule has 4 rings (SSSR count). The molecule has 0 atom stereocenters. The van der Waals surface area contributed by atoms with Crippen LogP contribution in [0, 0.1) is 0 Å². The number of fused-ring (bicyclic) bond motifs is 3. The van der Waals surface area contributed by atoms with Crippen molar-refractivity contribution in [2.75, 3.05) is 0 Å². The lowest BCUT2D eigenvalue weighted by Gasteiger charge is -1.97. The Hall–Kier alpha value is -2.37. The number of carbonyl (C=O) groups is 1. The van der Waals surface area contributed by atoms with Crippen molar-refractivity contribution in [3.63, 3.8) is 0 Å². The number of nitrogens with zero attached hydrogens (tertiary/aromatic N) is 2. The number of H-pyrrole nitrogens is 2. The van der Waals surface area contributed by atoms with E-state index in [1.807, 2.05) is 12.3 Å². The molecule has 0 aromatic carbocycles. The number of pyridine rings is 1. The zero-order valence-corrected chi connectivity index (χ0v) is 9.53. The van der Waals surface area contributed by atoms with E-state index in [4.69, 9.17) is 0 Å². The number of amides is 1. The molecule has 3 N–H and O–H groups in total. The van der Waals surface area contributed by atoms with Gasteiger partial charge in [0.15, 0.2) is 5.82 Å². The first-order valence-electron chi connectivity index (χ1n) is 5.94. The Morgan fingerprint density at radius 3 is 3.17 bits per heavy atom. The molecular weight excluding hydrogens is 230 g/mol. The van der Waals surface area contributed by atoms with Crippen LogP contribution in [-0.4, -0.2) is 31.9 Å². The van der Waals surface area contributed by atoms with Gasteiger partial charge in [0.25, 0.3) is 5.91 Å². The third-order valence-electron chi connectivity index (χ3n) is 3.16. The fraction of sp³-hybridized carbons (Fsp3) is 0.250. The highest BCUT2D eigenvalue weighted by Crippen LogP contribution is 2.22. The molecule has 3 heterocycles. The van der Waals surface area contributed by atoms with Gasteiger partial charge >= 0.3 is 0 Å². The van der Waals surface area contributed by atoms with Crippen molar-refractivity contribution >= 4 is 28.0 Å². The van der Waals surface area contributed by atoms with Crippen molar-refractivity contribution < 1.29 is 4.79 Å². The Labute approximate surface area is 102 Å². The summed E-state index contributed by atoms with van der Waals surface area (Å²) in [7, 11) is 0. The molecule has 1 saturated carbocycles. The van der Waals surface area contributed by atoms with Crippen molar-refractivity contribution in [3.05, 3.63) is 24.3 Å². The Balaban J connectivity index is 1.84. The fourth-order valence-corrected chi connectivity index (χ4v) is 2.06. The van der Waals surface area contributed by atoms with Crippen molar-refractivity contribution in [2.45, 2.75) is 18.9 Å². The molecule has 1 amide bonds. The molecule has 0 bridgehead atoms. The van der Waals surface area contributed by atoms with Crippen LogP contribution in [0.3, 0.4) is 0 Å². The summed E-state index contributed by atoms with van der Waals surface area (Å²) in [6.45, 7) is 0. The summed E-state index contributed by atoms with van der Waals surface area (Å²) in [6.07, 6.45) is 5.63. The first-order valence-corrected chi connectivity index (χ1v) is 5.94. The van der Waals surface area contributed by atoms with Gasteiger partial charge < -0.3 is 15.3 Å². The van der Waals surface area contributed by atoms with Crippen LogP contribution in [0.2, 0.25) is 0 Å². The van der Waals surface area contributed by atoms with Gasteiger partial charge in [0.2, 0.25) is 0 Å². The van der Waals surface area contributed by atoms with Gasteiger partial charge in [-0.3, -0.25) is 4.79 Å². The summed E-state index contributed by atoms with van der Waals surface area (Å²) in [6, 6.07) is 2.24. The van der Waals surface area contributed by atoms with Crippen LogP contribution in [-0.2, 0) is 0 Å². The Morgan fingerprint density at radius 1 is 1.44 bits per heavy atom. The van der Waals surface area contributed by atoms with E-state index in [2.05, 4.69) is 25.3 Å². The SMILES string of the molecule is O=C(NC1CC1)c1nc2c(cnc3[nH]ccc32)[nH]1. The zero-order chi connectivity index (χ0) is 12.1. The molecule has 6 nitrogen and oxygen atoms in total. The number of carbonyl (C=O) groups excluding carboxylic acids is 1. The Kier molecular flexibility index (Phi) is 1.78. The molecule has 1 aliphatic carbocycles. The van der Waals surface area contributed by atoms with Crippen molar-refractivity contribution in [3.8, 4) is 0 Å². The molecule has 1 aliphatic rings. The number of aromatic amines is 2. The normalized spacial score (nSPS) is 15.3. The highest BCUT2D eigenvalue weighted by Gasteiger charge is 2.25. The van der Waals surface area contributed by atoms with Crippen LogP contribution in [0.25, 0.3) is 22.1 Å². The van der Waals surface area contributed by atoms with Crippen LogP contribution >= 0.6 is 0 Å². The van der Waals surface area contributed by atoms with E-state index >= 15 is 0 Å². The van der Waals surface area contributed by atoms with Gasteiger partial charge in [-0.25, -0.2) is 9.97 Å². The molecule has 0 unspecified atom stereocenters. The monoisotopic (exact) mass is 241 g/mol. The van der Waals surface area contributed by atoms with E-state index in [0.717, 1.165) is 34.9 Å². The topological polar surface area (TPSA) is 86.5 Å². The molecule has 90 valence electrons. The number of hydrogen-bond acceptors (Lipinski definition) is 3. The van der Waals surface area contributed by atoms with E-state index in [1.54, 1.807) is 6.20 Å². The summed E-state index contributed by atoms with van der Waals surface area (Å²) in [4.78, 5) is 26.6. The zero-order valence-electron chi connectivity index (χ0n) is 9.53. The molecule has 6 heteroatoms. The van der Waals surface area contributed by atoms with Gasteiger partial charge in [-0.05, 0) is 18.9 Å². The lowest BCUT2D eigenvalue weighted by Crippen LogP contribution is -2.26. The maximum atomic E-state index is 11.9. The van der Waals surface area contributed by atoms with Gasteiger partial charge in [-0.15, -0.1) is 0 Å². The van der Waals surface area contributed by atoms with Crippen LogP contribution < -0.4 is 5.32 Å². The van der Waals surface area contributed by atoms with Crippen molar-refractivity contribution in [1.29, 1.82) is 0 Å². The highest BCUT2D eigenvalue weighted by molar-refractivity contribution is 6.03. The number of aromatic nitrogens is 4. The predicted octanol–water partition coefficient (Wildman–Crippen LogP) is 1.33. The molecular formula is C12H11N5O. The smallest absolute Gasteiger partial charge is 0.287 e. The summed E-state index contributed by atoms with van der Waals surface area (Å²) in [5.74, 6) is 0.213. The molecule has 1 fully saturated rings. The van der Waals surface area contributed by atoms with Crippen LogP contribution in [0.4, 0.5) is 0 Å². The largest absolute Gasteiger partial charge is 0.347 e. The minimum absolute atomic E-state index is 0.141.